The van der Waals surface area contributed by atoms with Crippen LogP contribution in [0, 0.1) is 0 Å². The summed E-state index contributed by atoms with van der Waals surface area (Å²) in [6.45, 7) is 5.59. The number of benzene rings is 1. The van der Waals surface area contributed by atoms with Gasteiger partial charge in [0.15, 0.2) is 0 Å². The van der Waals surface area contributed by atoms with Crippen molar-refractivity contribution in [1.29, 1.82) is 0 Å². The number of hydrogen-bond donors (Lipinski definition) is 2. The first-order valence-electron chi connectivity index (χ1n) is 10.0. The zero-order valence-corrected chi connectivity index (χ0v) is 16.4. The van der Waals surface area contributed by atoms with E-state index in [1.807, 2.05) is 6.92 Å². The molecule has 2 saturated heterocycles. The van der Waals surface area contributed by atoms with E-state index in [2.05, 4.69) is 16.0 Å². The van der Waals surface area contributed by atoms with E-state index in [9.17, 15) is 15.0 Å². The van der Waals surface area contributed by atoms with E-state index in [-0.39, 0.29) is 16.9 Å². The molecule has 0 bridgehead atoms. The Morgan fingerprint density at radius 1 is 1.24 bits per heavy atom. The van der Waals surface area contributed by atoms with Crippen molar-refractivity contribution in [1.82, 2.24) is 0 Å². The summed E-state index contributed by atoms with van der Waals surface area (Å²) in [5.74, 6) is -0.515. The molecule has 0 atom stereocenters. The zero-order chi connectivity index (χ0) is 20.2. The van der Waals surface area contributed by atoms with Crippen LogP contribution in [-0.4, -0.2) is 60.8 Å². The smallest absolute Gasteiger partial charge is 0.341 e. The second kappa shape index (κ2) is 6.62. The summed E-state index contributed by atoms with van der Waals surface area (Å²) in [7, 11) is 0. The molecule has 7 heteroatoms. The third-order valence-electron chi connectivity index (χ3n) is 6.34. The average Bonchev–Trinajstić information content (AvgIpc) is 3.08. The Kier molecular flexibility index (Phi) is 4.17. The number of rotatable bonds is 2. The second-order valence-electron chi connectivity index (χ2n) is 8.18. The Morgan fingerprint density at radius 3 is 2.72 bits per heavy atom. The molecule has 4 heterocycles. The molecule has 4 aliphatic rings. The molecule has 1 aromatic carbocycles. The van der Waals surface area contributed by atoms with Gasteiger partial charge in [-0.3, -0.25) is 4.99 Å². The number of carbonyl (C=O) groups is 1. The molecular weight excluding hydrogens is 372 g/mol. The van der Waals surface area contributed by atoms with Crippen LogP contribution < -0.4 is 9.64 Å². The van der Waals surface area contributed by atoms with E-state index in [0.29, 0.717) is 19.6 Å². The second-order valence-corrected chi connectivity index (χ2v) is 8.18. The van der Waals surface area contributed by atoms with Gasteiger partial charge in [-0.15, -0.1) is 0 Å². The van der Waals surface area contributed by atoms with Gasteiger partial charge in [-0.25, -0.2) is 4.79 Å². The highest BCUT2D eigenvalue weighted by molar-refractivity contribution is 6.09. The zero-order valence-electron chi connectivity index (χ0n) is 16.4. The molecule has 0 amide bonds. The Hall–Kier alpha value is -2.80. The number of aliphatic carboxylic acids is 1. The van der Waals surface area contributed by atoms with Gasteiger partial charge in [0.2, 0.25) is 0 Å². The summed E-state index contributed by atoms with van der Waals surface area (Å²) in [5, 5.41) is 19.7. The molecule has 0 aliphatic carbocycles. The molecule has 0 radical (unpaired) electrons. The maximum atomic E-state index is 11.4. The number of ether oxygens (including phenoxy) is 2. The summed E-state index contributed by atoms with van der Waals surface area (Å²) in [6.07, 6.45) is 5.42. The molecule has 1 aromatic rings. The summed E-state index contributed by atoms with van der Waals surface area (Å²) >= 11 is 0. The summed E-state index contributed by atoms with van der Waals surface area (Å²) in [4.78, 5) is 18.0. The fourth-order valence-corrected chi connectivity index (χ4v) is 4.68. The number of hydrogen-bond acceptors (Lipinski definition) is 6. The number of allylic oxidation sites excluding steroid dienone is 2. The first kappa shape index (κ1) is 18.2. The fourth-order valence-electron chi connectivity index (χ4n) is 4.68. The van der Waals surface area contributed by atoms with Crippen molar-refractivity contribution in [2.75, 3.05) is 37.7 Å². The van der Waals surface area contributed by atoms with Crippen LogP contribution in [0.4, 0.5) is 5.69 Å². The molecule has 0 saturated carbocycles. The lowest BCUT2D eigenvalue weighted by molar-refractivity contribution is -0.160. The maximum Gasteiger partial charge on any atom is 0.341 e. The molecule has 7 nitrogen and oxygen atoms in total. The summed E-state index contributed by atoms with van der Waals surface area (Å²) < 4.78 is 11.8. The normalized spacial score (nSPS) is 24.0. The van der Waals surface area contributed by atoms with Gasteiger partial charge in [-0.2, -0.15) is 0 Å². The molecule has 2 N–H and O–H groups in total. The first-order chi connectivity index (χ1) is 14.0. The highest BCUT2D eigenvalue weighted by Crippen LogP contribution is 2.47. The van der Waals surface area contributed by atoms with Gasteiger partial charge in [0.25, 0.3) is 0 Å². The Labute approximate surface area is 169 Å². The third kappa shape index (κ3) is 2.92. The van der Waals surface area contributed by atoms with Crippen molar-refractivity contribution >= 4 is 23.4 Å². The molecule has 152 valence electrons. The Bertz CT molecular complexity index is 979. The quantitative estimate of drug-likeness (QED) is 0.798. The first-order valence-corrected chi connectivity index (χ1v) is 10.0. The minimum Gasteiger partial charge on any atom is -0.507 e. The van der Waals surface area contributed by atoms with Crippen molar-refractivity contribution in [3.05, 3.63) is 40.2 Å². The summed E-state index contributed by atoms with van der Waals surface area (Å²) in [6, 6.07) is 2.12. The molecular formula is C22H24N2O5. The largest absolute Gasteiger partial charge is 0.507 e. The lowest BCUT2D eigenvalue weighted by Crippen LogP contribution is -2.68. The topological polar surface area (TPSA) is 91.6 Å². The van der Waals surface area contributed by atoms with Gasteiger partial charge in [0.1, 0.15) is 22.7 Å². The number of carboxylic acid groups (broad SMARTS) is 1. The summed E-state index contributed by atoms with van der Waals surface area (Å²) in [5.41, 5.74) is 5.12. The van der Waals surface area contributed by atoms with Crippen molar-refractivity contribution in [2.24, 2.45) is 4.99 Å². The molecule has 5 rings (SSSR count). The molecule has 0 unspecified atom stereocenters. The Morgan fingerprint density at radius 2 is 2.03 bits per heavy atom. The predicted octanol–water partition coefficient (Wildman–Crippen LogP) is 2.53. The van der Waals surface area contributed by atoms with Gasteiger partial charge < -0.3 is 24.6 Å². The van der Waals surface area contributed by atoms with Crippen LogP contribution in [0.1, 0.15) is 30.0 Å². The van der Waals surface area contributed by atoms with Crippen LogP contribution in [0.3, 0.4) is 0 Å². The van der Waals surface area contributed by atoms with Crippen LogP contribution in [0.5, 0.6) is 5.75 Å². The molecule has 4 aliphatic heterocycles. The van der Waals surface area contributed by atoms with Crippen molar-refractivity contribution in [3.63, 3.8) is 0 Å². The van der Waals surface area contributed by atoms with E-state index >= 15 is 0 Å². The number of carboxylic acids is 1. The van der Waals surface area contributed by atoms with E-state index in [0.717, 1.165) is 55.1 Å². The fraction of sp³-hybridized carbons (Fsp3) is 0.455. The van der Waals surface area contributed by atoms with Crippen LogP contribution in [0.2, 0.25) is 0 Å². The van der Waals surface area contributed by atoms with Gasteiger partial charge in [0.05, 0.1) is 18.9 Å². The Balaban J connectivity index is 1.61. The van der Waals surface area contributed by atoms with Gasteiger partial charge in [0, 0.05) is 44.3 Å². The lowest BCUT2D eigenvalue weighted by atomic mass is 9.84. The predicted molar refractivity (Wildman–Crippen MR) is 109 cm³/mol. The van der Waals surface area contributed by atoms with Crippen LogP contribution in [0.15, 0.2) is 28.5 Å². The average molecular weight is 396 g/mol. The molecule has 29 heavy (non-hydrogen) atoms. The molecule has 2 fully saturated rings. The lowest BCUT2D eigenvalue weighted by Gasteiger charge is -2.56. The number of fused-ring (bicyclic) bond motifs is 3. The van der Waals surface area contributed by atoms with Crippen molar-refractivity contribution in [3.8, 4) is 5.75 Å². The minimum absolute atomic E-state index is 0.0160. The van der Waals surface area contributed by atoms with E-state index in [1.54, 1.807) is 0 Å². The van der Waals surface area contributed by atoms with Gasteiger partial charge in [-0.05, 0) is 42.2 Å². The number of anilines is 1. The van der Waals surface area contributed by atoms with Gasteiger partial charge >= 0.3 is 5.97 Å². The SMILES string of the molecule is C/C1=C\C(O)=C(C(=O)O)C=NCCc2c1cc(N1CC3(CCO3)C1)c1c2CCO1. The minimum atomic E-state index is -1.19. The van der Waals surface area contributed by atoms with Crippen LogP contribution >= 0.6 is 0 Å². The van der Waals surface area contributed by atoms with E-state index in [4.69, 9.17) is 9.47 Å². The highest BCUT2D eigenvalue weighted by atomic mass is 16.5. The molecule has 0 aromatic heterocycles. The van der Waals surface area contributed by atoms with Crippen molar-refractivity contribution in [2.45, 2.75) is 31.8 Å². The van der Waals surface area contributed by atoms with Crippen LogP contribution in [-0.2, 0) is 22.4 Å². The van der Waals surface area contributed by atoms with E-state index < -0.39 is 5.97 Å². The van der Waals surface area contributed by atoms with E-state index in [1.165, 1.54) is 23.4 Å². The third-order valence-corrected chi connectivity index (χ3v) is 6.34. The highest BCUT2D eigenvalue weighted by Gasteiger charge is 2.50. The number of aliphatic imine (C=N–C) groups is 1. The molecule has 1 spiro atoms. The van der Waals surface area contributed by atoms with Crippen molar-refractivity contribution < 1.29 is 24.5 Å². The monoisotopic (exact) mass is 396 g/mol. The number of aliphatic hydroxyl groups excluding tert-OH is 1. The maximum absolute atomic E-state index is 11.4. The number of nitrogens with zero attached hydrogens (tertiary/aromatic N) is 2. The number of aliphatic hydroxyl groups is 1. The standard InChI is InChI=1S/C22H24N2O5/c1-13-8-19(25)17(21(26)27)10-23-5-2-14-15-3-6-28-20(15)18(9-16(13)14)24-11-22(12-24)4-7-29-22/h8-10,25H,2-7,11-12H2,1H3,(H,26,27)/b13-8+,19-17?,23-10?. The van der Waals surface area contributed by atoms with Crippen LogP contribution in [0.25, 0.3) is 5.57 Å². The van der Waals surface area contributed by atoms with Gasteiger partial charge in [-0.1, -0.05) is 0 Å².